The largest absolute Gasteiger partial charge is 0.359 e. The molecule has 0 fully saturated rings. The number of nitrogens with zero attached hydrogens (tertiary/aromatic N) is 1. The molecule has 4 rings (SSSR count). The molecule has 0 amide bonds. The van der Waals surface area contributed by atoms with E-state index in [0.29, 0.717) is 20.5 Å². The number of nitrogens with one attached hydrogen (secondary N) is 2. The van der Waals surface area contributed by atoms with E-state index < -0.39 is 10.0 Å². The summed E-state index contributed by atoms with van der Waals surface area (Å²) in [6.07, 6.45) is 2.85. The lowest BCUT2D eigenvalue weighted by Crippen LogP contribution is -2.14. The van der Waals surface area contributed by atoms with Crippen molar-refractivity contribution in [3.8, 4) is 0 Å². The summed E-state index contributed by atoms with van der Waals surface area (Å²) >= 11 is 7.35. The van der Waals surface area contributed by atoms with E-state index in [9.17, 15) is 8.42 Å². The highest BCUT2D eigenvalue weighted by Crippen LogP contribution is 2.37. The minimum absolute atomic E-state index is 0.311. The first kappa shape index (κ1) is 20.2. The third-order valence-corrected chi connectivity index (χ3v) is 8.47. The van der Waals surface area contributed by atoms with Gasteiger partial charge in [-0.3, -0.25) is 4.72 Å². The van der Waals surface area contributed by atoms with Crippen LogP contribution in [-0.4, -0.2) is 38.9 Å². The summed E-state index contributed by atoms with van der Waals surface area (Å²) in [5.74, 6) is 0. The molecule has 2 aromatic carbocycles. The number of sulfonamides is 1. The summed E-state index contributed by atoms with van der Waals surface area (Å²) in [6, 6.07) is 11.1. The number of likely N-dealkylation sites (N-methyl/N-ethyl adjacent to an activating group) is 1. The van der Waals surface area contributed by atoms with E-state index in [-0.39, 0.29) is 0 Å². The number of aryl methyl sites for hydroxylation is 1. The molecule has 8 heteroatoms. The smallest absolute Gasteiger partial charge is 0.271 e. The molecule has 0 unspecified atom stereocenters. The van der Waals surface area contributed by atoms with E-state index in [4.69, 9.17) is 11.6 Å². The Balaban J connectivity index is 1.72. The highest BCUT2D eigenvalue weighted by Gasteiger charge is 2.23. The van der Waals surface area contributed by atoms with Crippen LogP contribution >= 0.6 is 22.9 Å². The maximum Gasteiger partial charge on any atom is 0.271 e. The van der Waals surface area contributed by atoms with Crippen molar-refractivity contribution in [2.45, 2.75) is 17.6 Å². The van der Waals surface area contributed by atoms with Crippen molar-refractivity contribution in [2.24, 2.45) is 0 Å². The second kappa shape index (κ2) is 7.65. The van der Waals surface area contributed by atoms with Crippen molar-refractivity contribution in [1.82, 2.24) is 9.88 Å². The zero-order valence-electron chi connectivity index (χ0n) is 16.4. The third kappa shape index (κ3) is 3.88. The Labute approximate surface area is 179 Å². The van der Waals surface area contributed by atoms with E-state index >= 15 is 0 Å². The van der Waals surface area contributed by atoms with Gasteiger partial charge in [0.25, 0.3) is 10.0 Å². The van der Waals surface area contributed by atoms with Gasteiger partial charge in [-0.1, -0.05) is 23.7 Å². The predicted octanol–water partition coefficient (Wildman–Crippen LogP) is 5.25. The average Bonchev–Trinajstić information content (AvgIpc) is 3.22. The molecule has 29 heavy (non-hydrogen) atoms. The van der Waals surface area contributed by atoms with Crippen LogP contribution in [0.3, 0.4) is 0 Å². The van der Waals surface area contributed by atoms with Gasteiger partial charge in [0.1, 0.15) is 4.21 Å². The Morgan fingerprint density at radius 2 is 1.97 bits per heavy atom. The Morgan fingerprint density at radius 3 is 2.72 bits per heavy atom. The molecule has 4 aromatic rings. The van der Waals surface area contributed by atoms with Crippen molar-refractivity contribution < 1.29 is 8.42 Å². The maximum absolute atomic E-state index is 13.2. The second-order valence-corrected chi connectivity index (χ2v) is 10.7. The number of H-pyrrole nitrogens is 1. The fraction of sp³-hybridized carbons (Fsp3) is 0.238. The number of rotatable bonds is 6. The number of aromatic amines is 1. The molecule has 0 spiro atoms. The van der Waals surface area contributed by atoms with Gasteiger partial charge < -0.3 is 9.88 Å². The van der Waals surface area contributed by atoms with Crippen LogP contribution in [0.1, 0.15) is 11.1 Å². The summed E-state index contributed by atoms with van der Waals surface area (Å²) < 4.78 is 30.4. The van der Waals surface area contributed by atoms with Gasteiger partial charge in [-0.15, -0.1) is 11.3 Å². The van der Waals surface area contributed by atoms with Gasteiger partial charge in [0.2, 0.25) is 0 Å². The molecule has 0 saturated heterocycles. The van der Waals surface area contributed by atoms with Crippen molar-refractivity contribution in [2.75, 3.05) is 25.4 Å². The molecule has 152 valence electrons. The number of anilines is 1. The first-order valence-electron chi connectivity index (χ1n) is 9.21. The van der Waals surface area contributed by atoms with Gasteiger partial charge >= 0.3 is 0 Å². The number of benzene rings is 2. The number of hydrogen-bond acceptors (Lipinski definition) is 4. The van der Waals surface area contributed by atoms with Crippen LogP contribution in [0, 0.1) is 6.92 Å². The molecule has 0 aliphatic carbocycles. The molecule has 0 atom stereocenters. The Hall–Kier alpha value is -2.06. The molecular weight excluding hydrogens is 426 g/mol. The zero-order chi connectivity index (χ0) is 20.8. The topological polar surface area (TPSA) is 65.2 Å². The van der Waals surface area contributed by atoms with Crippen LogP contribution in [0.2, 0.25) is 5.02 Å². The number of aromatic nitrogens is 1. The Kier molecular flexibility index (Phi) is 5.33. The molecule has 0 bridgehead atoms. The highest BCUT2D eigenvalue weighted by molar-refractivity contribution is 7.95. The van der Waals surface area contributed by atoms with Crippen molar-refractivity contribution in [3.05, 3.63) is 58.7 Å². The minimum Gasteiger partial charge on any atom is -0.359 e. The van der Waals surface area contributed by atoms with Gasteiger partial charge in [0.15, 0.2) is 0 Å². The SMILES string of the molecule is Cc1c(S(=O)(=O)Nc2cccc3c(CCN(C)C)c[nH]c23)sc2ccc(Cl)cc12. The van der Waals surface area contributed by atoms with Gasteiger partial charge in [-0.2, -0.15) is 0 Å². The Bertz CT molecular complexity index is 1310. The van der Waals surface area contributed by atoms with Crippen LogP contribution < -0.4 is 4.72 Å². The van der Waals surface area contributed by atoms with E-state index in [1.54, 1.807) is 12.1 Å². The molecule has 5 nitrogen and oxygen atoms in total. The van der Waals surface area contributed by atoms with Crippen molar-refractivity contribution >= 4 is 59.6 Å². The molecule has 2 N–H and O–H groups in total. The normalized spacial score (nSPS) is 12.3. The molecule has 0 radical (unpaired) electrons. The lowest BCUT2D eigenvalue weighted by molar-refractivity contribution is 0.414. The lowest BCUT2D eigenvalue weighted by Gasteiger charge is -2.10. The standard InChI is InChI=1S/C21H22ClN3O2S2/c1-13-17-11-15(22)7-8-19(17)28-21(13)29(26,27)24-18-6-4-5-16-14(9-10-25(2)3)12-23-20(16)18/h4-8,11-12,23-24H,9-10H2,1-3H3. The number of fused-ring (bicyclic) bond motifs is 2. The Morgan fingerprint density at radius 1 is 1.17 bits per heavy atom. The maximum atomic E-state index is 13.2. The molecule has 2 aromatic heterocycles. The minimum atomic E-state index is -3.73. The third-order valence-electron chi connectivity index (χ3n) is 4.97. The van der Waals surface area contributed by atoms with E-state index in [1.807, 2.05) is 51.5 Å². The van der Waals surface area contributed by atoms with Crippen LogP contribution in [0.15, 0.2) is 46.8 Å². The van der Waals surface area contributed by atoms with Crippen molar-refractivity contribution in [1.29, 1.82) is 0 Å². The van der Waals surface area contributed by atoms with Crippen molar-refractivity contribution in [3.63, 3.8) is 0 Å². The number of thiophene rings is 1. The molecule has 0 aliphatic heterocycles. The second-order valence-electron chi connectivity index (χ2n) is 7.36. The molecule has 2 heterocycles. The zero-order valence-corrected chi connectivity index (χ0v) is 18.8. The summed E-state index contributed by atoms with van der Waals surface area (Å²) in [4.78, 5) is 5.37. The summed E-state index contributed by atoms with van der Waals surface area (Å²) in [7, 11) is 0.344. The highest BCUT2D eigenvalue weighted by atomic mass is 35.5. The van der Waals surface area contributed by atoms with Gasteiger partial charge in [0.05, 0.1) is 11.2 Å². The average molecular weight is 448 g/mol. The van der Waals surface area contributed by atoms with Crippen LogP contribution in [-0.2, 0) is 16.4 Å². The van der Waals surface area contributed by atoms with Crippen LogP contribution in [0.5, 0.6) is 0 Å². The fourth-order valence-corrected chi connectivity index (χ4v) is 6.46. The van der Waals surface area contributed by atoms with E-state index in [1.165, 1.54) is 16.9 Å². The first-order valence-corrected chi connectivity index (χ1v) is 11.9. The summed E-state index contributed by atoms with van der Waals surface area (Å²) in [5, 5.41) is 2.50. The number of hydrogen-bond donors (Lipinski definition) is 2. The molecule has 0 aliphatic rings. The van der Waals surface area contributed by atoms with Gasteiger partial charge in [0, 0.05) is 27.9 Å². The summed E-state index contributed by atoms with van der Waals surface area (Å²) in [5.41, 5.74) is 3.23. The van der Waals surface area contributed by atoms with Crippen LogP contribution in [0.4, 0.5) is 5.69 Å². The number of halogens is 1. The first-order chi connectivity index (χ1) is 13.8. The van der Waals surface area contributed by atoms with Gasteiger partial charge in [-0.25, -0.2) is 8.42 Å². The molecular formula is C21H22ClN3O2S2. The van der Waals surface area contributed by atoms with E-state index in [0.717, 1.165) is 34.0 Å². The predicted molar refractivity (Wildman–Crippen MR) is 123 cm³/mol. The number of para-hydroxylation sites is 1. The van der Waals surface area contributed by atoms with E-state index in [2.05, 4.69) is 14.6 Å². The van der Waals surface area contributed by atoms with Crippen LogP contribution in [0.25, 0.3) is 21.0 Å². The summed E-state index contributed by atoms with van der Waals surface area (Å²) in [6.45, 7) is 2.74. The van der Waals surface area contributed by atoms with Gasteiger partial charge in [-0.05, 0) is 68.2 Å². The monoisotopic (exact) mass is 447 g/mol. The lowest BCUT2D eigenvalue weighted by atomic mass is 10.1. The quantitative estimate of drug-likeness (QED) is 0.424. The molecule has 0 saturated carbocycles. The fourth-order valence-electron chi connectivity index (χ4n) is 3.47.